The lowest BCUT2D eigenvalue weighted by atomic mass is 9.94. The number of hydrogen-bond donors (Lipinski definition) is 1. The third-order valence-corrected chi connectivity index (χ3v) is 7.03. The van der Waals surface area contributed by atoms with Crippen LogP contribution < -0.4 is 4.90 Å². The van der Waals surface area contributed by atoms with Crippen LogP contribution in [-0.4, -0.2) is 40.1 Å². The van der Waals surface area contributed by atoms with Gasteiger partial charge in [-0.25, -0.2) is 9.97 Å². The van der Waals surface area contributed by atoms with E-state index in [0.29, 0.717) is 18.2 Å². The molecule has 1 aromatic carbocycles. The van der Waals surface area contributed by atoms with Crippen molar-refractivity contribution in [2.75, 3.05) is 18.1 Å². The van der Waals surface area contributed by atoms with Crippen molar-refractivity contribution in [3.8, 4) is 0 Å². The minimum Gasteiger partial charge on any atom is -0.396 e. The van der Waals surface area contributed by atoms with E-state index < -0.39 is 0 Å². The second kappa shape index (κ2) is 11.0. The molecule has 32 heavy (non-hydrogen) atoms. The van der Waals surface area contributed by atoms with Gasteiger partial charge in [0, 0.05) is 31.7 Å². The summed E-state index contributed by atoms with van der Waals surface area (Å²) in [6.07, 6.45) is 13.7. The summed E-state index contributed by atoms with van der Waals surface area (Å²) >= 11 is 0. The van der Waals surface area contributed by atoms with Crippen LogP contribution in [-0.2, 0) is 12.8 Å². The molecule has 0 spiro atoms. The molecule has 0 saturated heterocycles. The molecule has 1 aromatic heterocycles. The fraction of sp³-hybridized carbons (Fsp3) is 0.593. The average Bonchev–Trinajstić information content (AvgIpc) is 3.64. The summed E-state index contributed by atoms with van der Waals surface area (Å²) in [5.74, 6) is 1.77. The Morgan fingerprint density at radius 2 is 1.88 bits per heavy atom. The highest BCUT2D eigenvalue weighted by molar-refractivity contribution is 5.96. The van der Waals surface area contributed by atoms with Crippen molar-refractivity contribution >= 4 is 11.6 Å². The second-order valence-corrected chi connectivity index (χ2v) is 9.69. The first kappa shape index (κ1) is 22.9. The summed E-state index contributed by atoms with van der Waals surface area (Å²) < 4.78 is 0. The zero-order valence-electron chi connectivity index (χ0n) is 19.4. The van der Waals surface area contributed by atoms with Gasteiger partial charge >= 0.3 is 0 Å². The molecule has 5 nitrogen and oxygen atoms in total. The number of rotatable bonds is 11. The number of nitrogens with zero attached hydrogens (tertiary/aromatic N) is 3. The number of Topliss-reactive ketones (excluding diaryl/α,β-unsaturated/α-hetero) is 1. The molecule has 1 N–H and O–H groups in total. The zero-order valence-corrected chi connectivity index (χ0v) is 19.4. The molecule has 0 atom stereocenters. The van der Waals surface area contributed by atoms with Gasteiger partial charge in [-0.05, 0) is 74.5 Å². The smallest absolute Gasteiger partial charge is 0.185 e. The number of carbonyl (C=O) groups is 1. The van der Waals surface area contributed by atoms with Crippen LogP contribution in [0.4, 0.5) is 5.82 Å². The van der Waals surface area contributed by atoms with Crippen LogP contribution in [0, 0.1) is 12.8 Å². The van der Waals surface area contributed by atoms with Gasteiger partial charge in [0.25, 0.3) is 0 Å². The number of aryl methyl sites for hydroxylation is 2. The van der Waals surface area contributed by atoms with Gasteiger partial charge in [-0.1, -0.05) is 37.5 Å². The van der Waals surface area contributed by atoms with E-state index in [4.69, 9.17) is 5.11 Å². The third-order valence-electron chi connectivity index (χ3n) is 7.03. The highest BCUT2D eigenvalue weighted by atomic mass is 16.2. The Kier molecular flexibility index (Phi) is 7.90. The number of ketones is 1. The van der Waals surface area contributed by atoms with Gasteiger partial charge in [-0.2, -0.15) is 0 Å². The van der Waals surface area contributed by atoms with Gasteiger partial charge in [-0.15, -0.1) is 0 Å². The number of aromatic nitrogens is 2. The molecule has 2 aromatic rings. The van der Waals surface area contributed by atoms with E-state index in [1.54, 1.807) is 6.33 Å². The monoisotopic (exact) mass is 435 g/mol. The molecular weight excluding hydrogens is 398 g/mol. The number of benzene rings is 1. The van der Waals surface area contributed by atoms with Gasteiger partial charge < -0.3 is 10.0 Å². The maximum Gasteiger partial charge on any atom is 0.185 e. The normalized spacial score (nSPS) is 16.8. The van der Waals surface area contributed by atoms with Crippen LogP contribution in [0.2, 0.25) is 0 Å². The second-order valence-electron chi connectivity index (χ2n) is 9.69. The van der Waals surface area contributed by atoms with Crippen molar-refractivity contribution in [3.05, 3.63) is 53.0 Å². The predicted octanol–water partition coefficient (Wildman–Crippen LogP) is 5.07. The lowest BCUT2D eigenvalue weighted by molar-refractivity contribution is 0.0988. The van der Waals surface area contributed by atoms with Gasteiger partial charge in [-0.3, -0.25) is 4.79 Å². The van der Waals surface area contributed by atoms with Crippen molar-refractivity contribution < 1.29 is 9.90 Å². The minimum absolute atomic E-state index is 0.0554. The SMILES string of the molecule is Cc1cc(CCCCO)ccc1CC(=O)c1cc(N(CC2CC2)C2CCCCC2)ncn1. The van der Waals surface area contributed by atoms with E-state index in [1.165, 1.54) is 50.5 Å². The molecule has 1 heterocycles. The fourth-order valence-corrected chi connectivity index (χ4v) is 4.87. The Bertz CT molecular complexity index is 904. The summed E-state index contributed by atoms with van der Waals surface area (Å²) in [6.45, 7) is 3.38. The van der Waals surface area contributed by atoms with Crippen LogP contribution in [0.1, 0.15) is 85.0 Å². The Balaban J connectivity index is 1.45. The Hall–Kier alpha value is -2.27. The van der Waals surface area contributed by atoms with Crippen LogP contribution in [0.5, 0.6) is 0 Å². The largest absolute Gasteiger partial charge is 0.396 e. The molecule has 2 aliphatic rings. The van der Waals surface area contributed by atoms with Crippen LogP contribution in [0.25, 0.3) is 0 Å². The summed E-state index contributed by atoms with van der Waals surface area (Å²) in [4.78, 5) is 24.5. The van der Waals surface area contributed by atoms with E-state index in [-0.39, 0.29) is 12.4 Å². The highest BCUT2D eigenvalue weighted by Crippen LogP contribution is 2.34. The first-order valence-corrected chi connectivity index (χ1v) is 12.4. The molecule has 0 bridgehead atoms. The number of anilines is 1. The van der Waals surface area contributed by atoms with E-state index in [9.17, 15) is 4.79 Å². The molecule has 0 radical (unpaired) electrons. The number of unbranched alkanes of at least 4 members (excludes halogenated alkanes) is 1. The van der Waals surface area contributed by atoms with Gasteiger partial charge in [0.2, 0.25) is 0 Å². The first-order valence-electron chi connectivity index (χ1n) is 12.4. The Morgan fingerprint density at radius 1 is 1.06 bits per heavy atom. The zero-order chi connectivity index (χ0) is 22.3. The number of aliphatic hydroxyl groups is 1. The number of aliphatic hydroxyl groups excluding tert-OH is 1. The minimum atomic E-state index is 0.0554. The van der Waals surface area contributed by atoms with Crippen LogP contribution in [0.3, 0.4) is 0 Å². The lowest BCUT2D eigenvalue weighted by Gasteiger charge is -2.35. The van der Waals surface area contributed by atoms with Gasteiger partial charge in [0.1, 0.15) is 17.8 Å². The molecule has 2 aliphatic carbocycles. The van der Waals surface area contributed by atoms with Crippen molar-refractivity contribution in [1.82, 2.24) is 9.97 Å². The quantitative estimate of drug-likeness (QED) is 0.394. The van der Waals surface area contributed by atoms with Crippen molar-refractivity contribution in [1.29, 1.82) is 0 Å². The molecule has 2 saturated carbocycles. The summed E-state index contributed by atoms with van der Waals surface area (Å²) in [6, 6.07) is 8.83. The topological polar surface area (TPSA) is 66.3 Å². The summed E-state index contributed by atoms with van der Waals surface area (Å²) in [5, 5.41) is 8.97. The fourth-order valence-electron chi connectivity index (χ4n) is 4.87. The third kappa shape index (κ3) is 6.16. The van der Waals surface area contributed by atoms with Crippen molar-refractivity contribution in [3.63, 3.8) is 0 Å². The first-order chi connectivity index (χ1) is 15.6. The predicted molar refractivity (Wildman–Crippen MR) is 128 cm³/mol. The van der Waals surface area contributed by atoms with Crippen molar-refractivity contribution in [2.24, 2.45) is 5.92 Å². The Labute approximate surface area is 192 Å². The van der Waals surface area contributed by atoms with Crippen molar-refractivity contribution in [2.45, 2.75) is 83.6 Å². The van der Waals surface area contributed by atoms with Crippen LogP contribution >= 0.6 is 0 Å². The molecule has 0 unspecified atom stereocenters. The summed E-state index contributed by atoms with van der Waals surface area (Å²) in [5.41, 5.74) is 3.99. The maximum absolute atomic E-state index is 13.1. The standard InChI is InChI=1S/C27H37N3O2/c1-20-15-21(7-5-6-14-31)12-13-23(20)16-26(32)25-17-27(29-19-28-25)30(18-22-10-11-22)24-8-3-2-4-9-24/h12-13,15,17,19,22,24,31H,2-11,14,16,18H2,1H3. The lowest BCUT2D eigenvalue weighted by Crippen LogP contribution is -2.39. The molecule has 2 fully saturated rings. The Morgan fingerprint density at radius 3 is 2.59 bits per heavy atom. The molecule has 5 heteroatoms. The molecule has 0 aliphatic heterocycles. The average molecular weight is 436 g/mol. The maximum atomic E-state index is 13.1. The molecule has 0 amide bonds. The molecule has 172 valence electrons. The van der Waals surface area contributed by atoms with E-state index >= 15 is 0 Å². The van der Waals surface area contributed by atoms with Gasteiger partial charge in [0.15, 0.2) is 5.78 Å². The highest BCUT2D eigenvalue weighted by Gasteiger charge is 2.30. The number of hydrogen-bond acceptors (Lipinski definition) is 5. The van der Waals surface area contributed by atoms with E-state index in [2.05, 4.69) is 40.0 Å². The number of carbonyl (C=O) groups excluding carboxylic acids is 1. The summed E-state index contributed by atoms with van der Waals surface area (Å²) in [7, 11) is 0. The van der Waals surface area contributed by atoms with Crippen LogP contribution in [0.15, 0.2) is 30.6 Å². The molecular formula is C27H37N3O2. The van der Waals surface area contributed by atoms with E-state index in [1.807, 2.05) is 6.07 Å². The molecule has 4 rings (SSSR count). The van der Waals surface area contributed by atoms with E-state index in [0.717, 1.165) is 48.7 Å². The van der Waals surface area contributed by atoms with Gasteiger partial charge in [0.05, 0.1) is 0 Å².